The summed E-state index contributed by atoms with van der Waals surface area (Å²) < 4.78 is 13.6. The normalized spacial score (nSPS) is 17.5. The quantitative estimate of drug-likeness (QED) is 0.431. The molecule has 0 aromatic heterocycles. The van der Waals surface area contributed by atoms with Gasteiger partial charge in [0, 0.05) is 31.6 Å². The van der Waals surface area contributed by atoms with Crippen molar-refractivity contribution in [2.24, 2.45) is 4.99 Å². The average molecular weight is 451 g/mol. The van der Waals surface area contributed by atoms with Crippen molar-refractivity contribution >= 4 is 11.9 Å². The van der Waals surface area contributed by atoms with Crippen molar-refractivity contribution in [3.63, 3.8) is 0 Å². The summed E-state index contributed by atoms with van der Waals surface area (Å²) in [5.74, 6) is 0.480. The molecule has 172 valence electrons. The number of benzene rings is 3. The van der Waals surface area contributed by atoms with Crippen molar-refractivity contribution in [3.8, 4) is 11.1 Å². The number of hydrogen-bond donors (Lipinski definition) is 1. The zero-order chi connectivity index (χ0) is 23.3. The number of allylic oxidation sites excluding steroid dienone is 3. The molecule has 1 unspecified atom stereocenters. The van der Waals surface area contributed by atoms with Crippen LogP contribution in [0.5, 0.6) is 0 Å². The fourth-order valence-corrected chi connectivity index (χ4v) is 5.41. The van der Waals surface area contributed by atoms with E-state index in [2.05, 4.69) is 52.8 Å². The maximum atomic E-state index is 13.6. The molecule has 3 aliphatic rings. The zero-order valence-electron chi connectivity index (χ0n) is 19.7. The molecule has 0 radical (unpaired) electrons. The molecule has 1 heterocycles. The number of nitrogens with zero attached hydrogens (tertiary/aromatic N) is 1. The van der Waals surface area contributed by atoms with Gasteiger partial charge in [0.25, 0.3) is 0 Å². The number of nitrogens with one attached hydrogen (secondary N) is 1. The van der Waals surface area contributed by atoms with Crippen molar-refractivity contribution in [1.82, 2.24) is 0 Å². The number of halogens is 1. The molecule has 3 heteroatoms. The summed E-state index contributed by atoms with van der Waals surface area (Å²) in [5.41, 5.74) is 10.9. The second-order valence-corrected chi connectivity index (χ2v) is 9.18. The van der Waals surface area contributed by atoms with Crippen LogP contribution in [-0.4, -0.2) is 13.3 Å². The van der Waals surface area contributed by atoms with Gasteiger partial charge in [-0.1, -0.05) is 42.5 Å². The van der Waals surface area contributed by atoms with E-state index in [9.17, 15) is 4.39 Å². The first kappa shape index (κ1) is 22.3. The van der Waals surface area contributed by atoms with Crippen molar-refractivity contribution in [1.29, 1.82) is 0 Å². The highest BCUT2D eigenvalue weighted by atomic mass is 19.1. The Balaban J connectivity index is 0.000000297. The second kappa shape index (κ2) is 10.2. The van der Waals surface area contributed by atoms with Gasteiger partial charge in [-0.15, -0.1) is 0 Å². The van der Waals surface area contributed by atoms with Crippen LogP contribution in [0.2, 0.25) is 0 Å². The maximum absolute atomic E-state index is 13.6. The van der Waals surface area contributed by atoms with Crippen LogP contribution < -0.4 is 5.32 Å². The van der Waals surface area contributed by atoms with E-state index < -0.39 is 0 Å². The first-order valence-corrected chi connectivity index (χ1v) is 12.3. The monoisotopic (exact) mass is 450 g/mol. The largest absolute Gasteiger partial charge is 0.388 e. The van der Waals surface area contributed by atoms with E-state index in [1.807, 2.05) is 31.5 Å². The van der Waals surface area contributed by atoms with E-state index in [4.69, 9.17) is 0 Å². The van der Waals surface area contributed by atoms with E-state index in [1.165, 1.54) is 39.9 Å². The van der Waals surface area contributed by atoms with Gasteiger partial charge in [-0.3, -0.25) is 4.99 Å². The molecule has 0 fully saturated rings. The molecule has 0 spiro atoms. The van der Waals surface area contributed by atoms with Crippen LogP contribution in [0.25, 0.3) is 11.1 Å². The van der Waals surface area contributed by atoms with Gasteiger partial charge in [0.1, 0.15) is 5.82 Å². The summed E-state index contributed by atoms with van der Waals surface area (Å²) in [6.07, 6.45) is 16.1. The lowest BCUT2D eigenvalue weighted by Crippen LogP contribution is -2.17. The molecule has 1 N–H and O–H groups in total. The van der Waals surface area contributed by atoms with E-state index in [1.54, 1.807) is 23.9 Å². The minimum absolute atomic E-state index is 0.123. The van der Waals surface area contributed by atoms with Gasteiger partial charge in [0.15, 0.2) is 0 Å². The highest BCUT2D eigenvalue weighted by Crippen LogP contribution is 2.41. The SMILES string of the molecule is C1=CCC=NC=C1.CNc1ccc(C2CCc3c(ccc4c3CCc3cc(F)ccc3-4)C2)cc1. The van der Waals surface area contributed by atoms with E-state index in [0.717, 1.165) is 37.7 Å². The van der Waals surface area contributed by atoms with Gasteiger partial charge in [0.2, 0.25) is 0 Å². The van der Waals surface area contributed by atoms with Crippen molar-refractivity contribution in [2.45, 2.75) is 44.4 Å². The van der Waals surface area contributed by atoms with Crippen LogP contribution in [0.4, 0.5) is 10.1 Å². The lowest BCUT2D eigenvalue weighted by molar-refractivity contribution is 0.580. The molecule has 34 heavy (non-hydrogen) atoms. The first-order chi connectivity index (χ1) is 16.7. The minimum atomic E-state index is -0.123. The van der Waals surface area contributed by atoms with Crippen LogP contribution in [0.1, 0.15) is 46.6 Å². The third-order valence-electron chi connectivity index (χ3n) is 7.18. The Kier molecular flexibility index (Phi) is 6.71. The minimum Gasteiger partial charge on any atom is -0.388 e. The smallest absolute Gasteiger partial charge is 0.123 e. The molecular formula is C31H31FN2. The molecule has 2 nitrogen and oxygen atoms in total. The number of aliphatic imine (C=N–C) groups is 1. The first-order valence-electron chi connectivity index (χ1n) is 12.3. The van der Waals surface area contributed by atoms with Crippen LogP contribution in [0.3, 0.4) is 0 Å². The molecule has 1 atom stereocenters. The fraction of sp³-hybridized carbons (Fsp3) is 0.258. The van der Waals surface area contributed by atoms with E-state index >= 15 is 0 Å². The van der Waals surface area contributed by atoms with Gasteiger partial charge in [-0.25, -0.2) is 4.39 Å². The van der Waals surface area contributed by atoms with Gasteiger partial charge in [-0.05, 0) is 107 Å². The van der Waals surface area contributed by atoms with Gasteiger partial charge < -0.3 is 5.32 Å². The molecule has 6 rings (SSSR count). The third kappa shape index (κ3) is 4.75. The molecule has 3 aromatic rings. The van der Waals surface area contributed by atoms with Crippen LogP contribution in [-0.2, 0) is 25.7 Å². The van der Waals surface area contributed by atoms with E-state index in [0.29, 0.717) is 5.92 Å². The Morgan fingerprint density at radius 1 is 0.853 bits per heavy atom. The highest BCUT2D eigenvalue weighted by Gasteiger charge is 2.26. The van der Waals surface area contributed by atoms with Crippen molar-refractivity contribution in [3.05, 3.63) is 113 Å². The Labute approximate surface area is 202 Å². The topological polar surface area (TPSA) is 24.4 Å². The highest BCUT2D eigenvalue weighted by molar-refractivity contribution is 5.75. The second-order valence-electron chi connectivity index (χ2n) is 9.18. The molecule has 0 bridgehead atoms. The maximum Gasteiger partial charge on any atom is 0.123 e. The lowest BCUT2D eigenvalue weighted by Gasteiger charge is -2.30. The predicted octanol–water partition coefficient (Wildman–Crippen LogP) is 7.44. The fourth-order valence-electron chi connectivity index (χ4n) is 5.41. The summed E-state index contributed by atoms with van der Waals surface area (Å²) in [6.45, 7) is 0. The molecule has 1 aliphatic heterocycles. The summed E-state index contributed by atoms with van der Waals surface area (Å²) in [4.78, 5) is 3.90. The Bertz CT molecular complexity index is 1240. The number of anilines is 1. The molecule has 0 saturated heterocycles. The predicted molar refractivity (Wildman–Crippen MR) is 141 cm³/mol. The van der Waals surface area contributed by atoms with Crippen molar-refractivity contribution in [2.75, 3.05) is 12.4 Å². The number of rotatable bonds is 2. The summed E-state index contributed by atoms with van der Waals surface area (Å²) in [7, 11) is 1.96. The summed E-state index contributed by atoms with van der Waals surface area (Å²) in [5, 5.41) is 3.20. The number of hydrogen-bond acceptors (Lipinski definition) is 2. The van der Waals surface area contributed by atoms with Gasteiger partial charge in [0.05, 0.1) is 0 Å². The van der Waals surface area contributed by atoms with Crippen LogP contribution >= 0.6 is 0 Å². The summed E-state index contributed by atoms with van der Waals surface area (Å²) >= 11 is 0. The average Bonchev–Trinajstić information content (AvgIpc) is 3.21. The third-order valence-corrected chi connectivity index (χ3v) is 7.18. The van der Waals surface area contributed by atoms with Gasteiger partial charge in [-0.2, -0.15) is 0 Å². The van der Waals surface area contributed by atoms with Crippen molar-refractivity contribution < 1.29 is 4.39 Å². The zero-order valence-corrected chi connectivity index (χ0v) is 19.7. The van der Waals surface area contributed by atoms with Crippen LogP contribution in [0.15, 0.2) is 84.0 Å². The van der Waals surface area contributed by atoms with Crippen LogP contribution in [0, 0.1) is 5.82 Å². The van der Waals surface area contributed by atoms with Gasteiger partial charge >= 0.3 is 0 Å². The number of aryl methyl sites for hydroxylation is 1. The van der Waals surface area contributed by atoms with E-state index in [-0.39, 0.29) is 5.82 Å². The summed E-state index contributed by atoms with van der Waals surface area (Å²) in [6, 6.07) is 18.7. The number of fused-ring (bicyclic) bond motifs is 5. The molecule has 2 aliphatic carbocycles. The Morgan fingerprint density at radius 2 is 1.71 bits per heavy atom. The molecular weight excluding hydrogens is 419 g/mol. The Hall–Kier alpha value is -3.46. The molecule has 3 aromatic carbocycles. The standard InChI is InChI=1S/C25H24FN.C6H7N/c1-27-21-8-2-16(3-9-21)17-4-10-22-18(14-17)5-11-25-23-13-7-20(26)15-19(23)6-12-24(22)25;1-2-4-6-7-5-3-1/h2-3,5,7-9,11,13,15,17,27H,4,6,10,12,14H2,1H3;1-3,5-6H,4H2. The molecule has 0 amide bonds. The Morgan fingerprint density at radius 3 is 2.56 bits per heavy atom. The molecule has 0 saturated carbocycles. The lowest BCUT2D eigenvalue weighted by atomic mass is 9.74.